The van der Waals surface area contributed by atoms with Gasteiger partial charge in [0.1, 0.15) is 11.6 Å². The highest BCUT2D eigenvalue weighted by atomic mass is 35.5. The molecule has 0 spiro atoms. The monoisotopic (exact) mass is 383 g/mol. The summed E-state index contributed by atoms with van der Waals surface area (Å²) < 4.78 is 13.8. The number of aromatic nitrogens is 1. The fourth-order valence-corrected chi connectivity index (χ4v) is 2.66. The first-order valence-corrected chi connectivity index (χ1v) is 8.41. The van der Waals surface area contributed by atoms with Crippen molar-refractivity contribution in [3.63, 3.8) is 0 Å². The zero-order valence-electron chi connectivity index (χ0n) is 14.3. The van der Waals surface area contributed by atoms with Crippen LogP contribution in [-0.4, -0.2) is 16.7 Å². The van der Waals surface area contributed by atoms with Gasteiger partial charge in [0.05, 0.1) is 22.5 Å². The van der Waals surface area contributed by atoms with Gasteiger partial charge < -0.3 is 10.6 Å². The number of ketones is 1. The summed E-state index contributed by atoms with van der Waals surface area (Å²) in [6.07, 6.45) is 1.43. The Bertz CT molecular complexity index is 986. The Hall–Kier alpha value is -3.25. The summed E-state index contributed by atoms with van der Waals surface area (Å²) >= 11 is 5.89. The minimum Gasteiger partial charge on any atom is -0.340 e. The lowest BCUT2D eigenvalue weighted by atomic mass is 10.1. The molecular weight excluding hydrogens is 369 g/mol. The number of nitrogens with zero attached hydrogens (tertiary/aromatic N) is 1. The van der Waals surface area contributed by atoms with E-state index in [-0.39, 0.29) is 16.4 Å². The maximum absolute atomic E-state index is 13.8. The van der Waals surface area contributed by atoms with Crippen molar-refractivity contribution in [3.05, 3.63) is 82.8 Å². The van der Waals surface area contributed by atoms with Gasteiger partial charge in [-0.2, -0.15) is 0 Å². The smallest absolute Gasteiger partial charge is 0.260 e. The second kappa shape index (κ2) is 7.97. The number of anilines is 3. The van der Waals surface area contributed by atoms with Crippen molar-refractivity contribution in [1.82, 2.24) is 4.98 Å². The minimum atomic E-state index is -0.698. The van der Waals surface area contributed by atoms with Gasteiger partial charge in [-0.15, -0.1) is 0 Å². The van der Waals surface area contributed by atoms with Crippen LogP contribution in [0.2, 0.25) is 5.02 Å². The molecule has 1 amide bonds. The molecule has 0 bridgehead atoms. The van der Waals surface area contributed by atoms with Crippen molar-refractivity contribution in [2.45, 2.75) is 6.92 Å². The molecule has 3 rings (SSSR count). The number of carbonyl (C=O) groups excluding carboxylic acids is 2. The lowest BCUT2D eigenvalue weighted by Gasteiger charge is -2.09. The summed E-state index contributed by atoms with van der Waals surface area (Å²) in [5, 5.41) is 5.66. The molecule has 136 valence electrons. The van der Waals surface area contributed by atoms with Crippen LogP contribution in [0.5, 0.6) is 0 Å². The third kappa shape index (κ3) is 4.48. The van der Waals surface area contributed by atoms with Crippen LogP contribution in [0.3, 0.4) is 0 Å². The predicted molar refractivity (Wildman–Crippen MR) is 103 cm³/mol. The Morgan fingerprint density at radius 3 is 2.48 bits per heavy atom. The van der Waals surface area contributed by atoms with Gasteiger partial charge in [0.15, 0.2) is 5.78 Å². The van der Waals surface area contributed by atoms with Gasteiger partial charge in [0, 0.05) is 11.3 Å². The normalized spacial score (nSPS) is 10.3. The highest BCUT2D eigenvalue weighted by Crippen LogP contribution is 2.21. The first-order chi connectivity index (χ1) is 12.9. The van der Waals surface area contributed by atoms with Crippen LogP contribution in [0.1, 0.15) is 27.6 Å². The number of rotatable bonds is 5. The van der Waals surface area contributed by atoms with Crippen molar-refractivity contribution < 1.29 is 14.0 Å². The lowest BCUT2D eigenvalue weighted by molar-refractivity contribution is 0.101. The molecule has 3 aromatic rings. The molecule has 1 aromatic heterocycles. The van der Waals surface area contributed by atoms with E-state index in [9.17, 15) is 14.0 Å². The Kier molecular flexibility index (Phi) is 5.47. The number of halogens is 2. The largest absolute Gasteiger partial charge is 0.340 e. The quantitative estimate of drug-likeness (QED) is 0.603. The molecule has 2 aromatic carbocycles. The SMILES string of the molecule is CC(=O)c1cccc(Nc2ccc(NC(=O)c3c(F)cccc3Cl)cn2)c1. The molecule has 1 heterocycles. The van der Waals surface area contributed by atoms with Gasteiger partial charge in [-0.3, -0.25) is 9.59 Å². The van der Waals surface area contributed by atoms with E-state index >= 15 is 0 Å². The highest BCUT2D eigenvalue weighted by molar-refractivity contribution is 6.34. The van der Waals surface area contributed by atoms with Gasteiger partial charge in [-0.25, -0.2) is 9.37 Å². The molecule has 0 aliphatic heterocycles. The molecule has 0 radical (unpaired) electrons. The second-order valence-electron chi connectivity index (χ2n) is 5.74. The average molecular weight is 384 g/mol. The fourth-order valence-electron chi connectivity index (χ4n) is 2.41. The number of hydrogen-bond donors (Lipinski definition) is 2. The summed E-state index contributed by atoms with van der Waals surface area (Å²) in [5.74, 6) is -0.861. The van der Waals surface area contributed by atoms with Crippen LogP contribution in [-0.2, 0) is 0 Å². The number of amides is 1. The van der Waals surface area contributed by atoms with Crippen molar-refractivity contribution >= 4 is 40.5 Å². The summed E-state index contributed by atoms with van der Waals surface area (Å²) in [7, 11) is 0. The van der Waals surface area contributed by atoms with E-state index in [0.29, 0.717) is 22.8 Å². The van der Waals surface area contributed by atoms with Crippen LogP contribution in [0.15, 0.2) is 60.8 Å². The van der Waals surface area contributed by atoms with Crippen LogP contribution in [0.25, 0.3) is 0 Å². The van der Waals surface area contributed by atoms with E-state index in [2.05, 4.69) is 15.6 Å². The average Bonchev–Trinajstić information content (AvgIpc) is 2.63. The maximum Gasteiger partial charge on any atom is 0.260 e. The van der Waals surface area contributed by atoms with Crippen LogP contribution < -0.4 is 10.6 Å². The standard InChI is InChI=1S/C20H15ClFN3O2/c1-12(26)13-4-2-5-14(10-13)24-18-9-8-15(11-23-18)25-20(27)19-16(21)6-3-7-17(19)22/h2-11H,1H3,(H,23,24)(H,25,27). The van der Waals surface area contributed by atoms with Crippen molar-refractivity contribution in [2.24, 2.45) is 0 Å². The second-order valence-corrected chi connectivity index (χ2v) is 6.15. The van der Waals surface area contributed by atoms with Crippen molar-refractivity contribution in [3.8, 4) is 0 Å². The third-order valence-electron chi connectivity index (χ3n) is 3.75. The highest BCUT2D eigenvalue weighted by Gasteiger charge is 2.16. The van der Waals surface area contributed by atoms with Gasteiger partial charge in [-0.1, -0.05) is 29.8 Å². The lowest BCUT2D eigenvalue weighted by Crippen LogP contribution is -2.14. The predicted octanol–water partition coefficient (Wildman–Crippen LogP) is 5.07. The van der Waals surface area contributed by atoms with Crippen molar-refractivity contribution in [1.29, 1.82) is 0 Å². The Labute approximate surface area is 160 Å². The van der Waals surface area contributed by atoms with Crippen molar-refractivity contribution in [2.75, 3.05) is 10.6 Å². The van der Waals surface area contributed by atoms with E-state index in [1.54, 1.807) is 30.3 Å². The summed E-state index contributed by atoms with van der Waals surface area (Å²) in [4.78, 5) is 27.9. The number of Topliss-reactive ketones (excluding diaryl/α,β-unsaturated/α-hetero) is 1. The Morgan fingerprint density at radius 2 is 1.81 bits per heavy atom. The number of carbonyl (C=O) groups is 2. The topological polar surface area (TPSA) is 71.1 Å². The van der Waals surface area contributed by atoms with Gasteiger partial charge in [0.25, 0.3) is 5.91 Å². The summed E-state index contributed by atoms with van der Waals surface area (Å²) in [5.41, 5.74) is 1.47. The number of benzene rings is 2. The van der Waals surface area contributed by atoms with Gasteiger partial charge >= 0.3 is 0 Å². The molecule has 0 unspecified atom stereocenters. The van der Waals surface area contributed by atoms with Gasteiger partial charge in [-0.05, 0) is 43.3 Å². The zero-order chi connectivity index (χ0) is 19.4. The number of pyridine rings is 1. The molecule has 7 heteroatoms. The number of hydrogen-bond acceptors (Lipinski definition) is 4. The van der Waals surface area contributed by atoms with E-state index in [4.69, 9.17) is 11.6 Å². The van der Waals surface area contributed by atoms with Crippen LogP contribution in [0.4, 0.5) is 21.6 Å². The van der Waals surface area contributed by atoms with Gasteiger partial charge in [0.2, 0.25) is 0 Å². The van der Waals surface area contributed by atoms with E-state index < -0.39 is 11.7 Å². The number of nitrogens with one attached hydrogen (secondary N) is 2. The Balaban J connectivity index is 1.71. The maximum atomic E-state index is 13.8. The van der Waals surface area contributed by atoms with Crippen LogP contribution in [0, 0.1) is 5.82 Å². The molecule has 0 saturated heterocycles. The molecule has 2 N–H and O–H groups in total. The van der Waals surface area contributed by atoms with Crippen LogP contribution >= 0.6 is 11.6 Å². The molecule has 5 nitrogen and oxygen atoms in total. The molecule has 27 heavy (non-hydrogen) atoms. The molecule has 0 fully saturated rings. The fraction of sp³-hybridized carbons (Fsp3) is 0.0500. The van der Waals surface area contributed by atoms with E-state index in [1.807, 2.05) is 6.07 Å². The Morgan fingerprint density at radius 1 is 1.04 bits per heavy atom. The third-order valence-corrected chi connectivity index (χ3v) is 4.07. The molecule has 0 aliphatic rings. The molecule has 0 aliphatic carbocycles. The first kappa shape index (κ1) is 18.5. The molecule has 0 atom stereocenters. The molecule has 0 saturated carbocycles. The zero-order valence-corrected chi connectivity index (χ0v) is 15.0. The summed E-state index contributed by atoms with van der Waals surface area (Å²) in [6, 6.07) is 14.3. The van der Waals surface area contributed by atoms with E-state index in [1.165, 1.54) is 31.3 Å². The minimum absolute atomic E-state index is 0.0310. The first-order valence-electron chi connectivity index (χ1n) is 8.03. The molecular formula is C20H15ClFN3O2. The summed E-state index contributed by atoms with van der Waals surface area (Å²) in [6.45, 7) is 1.50. The van der Waals surface area contributed by atoms with E-state index in [0.717, 1.165) is 0 Å².